The summed E-state index contributed by atoms with van der Waals surface area (Å²) in [5, 5.41) is 10.4. The molecule has 0 unspecified atom stereocenters. The van der Waals surface area contributed by atoms with Crippen LogP contribution in [0.4, 0.5) is 0 Å². The van der Waals surface area contributed by atoms with Gasteiger partial charge >= 0.3 is 0 Å². The number of hydrogen-bond donors (Lipinski definition) is 1. The monoisotopic (exact) mass is 510 g/mol. The summed E-state index contributed by atoms with van der Waals surface area (Å²) in [5.74, 6) is 1.59. The Morgan fingerprint density at radius 3 is 2.27 bits per heavy atom. The zero-order chi connectivity index (χ0) is 24.0. The van der Waals surface area contributed by atoms with Crippen LogP contribution in [0.2, 0.25) is 10.0 Å². The predicted molar refractivity (Wildman–Crippen MR) is 134 cm³/mol. The molecule has 1 aromatic heterocycles. The van der Waals surface area contributed by atoms with Crippen molar-refractivity contribution >= 4 is 34.8 Å². The topological polar surface area (TPSA) is 56.5 Å². The molecule has 0 amide bonds. The van der Waals surface area contributed by atoms with Crippen LogP contribution in [0.15, 0.2) is 55.1 Å². The molecular weight excluding hydrogens is 483 g/mol. The quantitative estimate of drug-likeness (QED) is 0.311. The first-order chi connectivity index (χ1) is 15.7. The van der Waals surface area contributed by atoms with Crippen LogP contribution in [0, 0.1) is 5.92 Å². The number of nitrogens with zero attached hydrogens (tertiary/aromatic N) is 2. The molecule has 2 atom stereocenters. The molecule has 2 aromatic carbocycles. The number of aliphatic hydroxyl groups excluding tert-OH is 1. The normalized spacial score (nSPS) is 13.5. The van der Waals surface area contributed by atoms with Crippen molar-refractivity contribution in [2.45, 2.75) is 38.8 Å². The van der Waals surface area contributed by atoms with E-state index >= 15 is 0 Å². The SMILES string of the molecule is C[C@H](COc1ccc(C(C)(C)c2cc(Cl)c(OC[C@H](O)CCl)c(Cl)c2)cc1)Cn1ccnc1. The van der Waals surface area contributed by atoms with Crippen molar-refractivity contribution in [2.75, 3.05) is 19.1 Å². The smallest absolute Gasteiger partial charge is 0.156 e. The molecule has 8 heteroatoms. The summed E-state index contributed by atoms with van der Waals surface area (Å²) in [6.45, 7) is 7.86. The minimum atomic E-state index is -0.787. The third-order valence-corrected chi connectivity index (χ3v) is 6.43. The molecule has 0 fully saturated rings. The van der Waals surface area contributed by atoms with Crippen molar-refractivity contribution in [2.24, 2.45) is 5.92 Å². The van der Waals surface area contributed by atoms with Gasteiger partial charge in [0.2, 0.25) is 0 Å². The van der Waals surface area contributed by atoms with E-state index in [0.717, 1.165) is 23.4 Å². The Morgan fingerprint density at radius 1 is 1.03 bits per heavy atom. The maximum absolute atomic E-state index is 9.62. The lowest BCUT2D eigenvalue weighted by atomic mass is 9.78. The Hall–Kier alpha value is -1.92. The van der Waals surface area contributed by atoms with Crippen molar-refractivity contribution in [3.63, 3.8) is 0 Å². The van der Waals surface area contributed by atoms with Gasteiger partial charge < -0.3 is 19.1 Å². The number of imidazole rings is 1. The second-order valence-corrected chi connectivity index (χ2v) is 9.84. The molecule has 0 bridgehead atoms. The van der Waals surface area contributed by atoms with Crippen molar-refractivity contribution in [3.05, 3.63) is 76.3 Å². The maximum Gasteiger partial charge on any atom is 0.156 e. The molecule has 33 heavy (non-hydrogen) atoms. The standard InChI is InChI=1S/C25H29Cl3N2O3/c1-17(13-30-9-8-29-16-30)14-32-21-6-4-18(5-7-21)25(2,3)19-10-22(27)24(23(28)11-19)33-15-20(31)12-26/h4-11,16-17,20,31H,12-15H2,1-3H3/t17-,20+/m0/s1. The predicted octanol–water partition coefficient (Wildman–Crippen LogP) is 6.21. The van der Waals surface area contributed by atoms with Gasteiger partial charge in [0.1, 0.15) is 18.5 Å². The second kappa shape index (κ2) is 11.5. The first-order valence-electron chi connectivity index (χ1n) is 10.8. The van der Waals surface area contributed by atoms with Gasteiger partial charge in [-0.2, -0.15) is 0 Å². The molecule has 0 spiro atoms. The molecule has 0 aliphatic carbocycles. The average molecular weight is 512 g/mol. The van der Waals surface area contributed by atoms with Gasteiger partial charge in [0, 0.05) is 30.3 Å². The number of hydrogen-bond acceptors (Lipinski definition) is 4. The van der Waals surface area contributed by atoms with E-state index in [9.17, 15) is 5.11 Å². The Bertz CT molecular complexity index is 1000. The van der Waals surface area contributed by atoms with Crippen molar-refractivity contribution < 1.29 is 14.6 Å². The molecule has 0 saturated carbocycles. The molecule has 0 radical (unpaired) electrons. The average Bonchev–Trinajstić information content (AvgIpc) is 3.30. The highest BCUT2D eigenvalue weighted by atomic mass is 35.5. The third kappa shape index (κ3) is 6.80. The van der Waals surface area contributed by atoms with E-state index in [-0.39, 0.29) is 17.9 Å². The summed E-state index contributed by atoms with van der Waals surface area (Å²) < 4.78 is 13.6. The van der Waals surface area contributed by atoms with Gasteiger partial charge in [0.05, 0.1) is 28.9 Å². The Kier molecular flexibility index (Phi) is 8.94. The largest absolute Gasteiger partial charge is 0.493 e. The van der Waals surface area contributed by atoms with Crippen molar-refractivity contribution in [1.29, 1.82) is 0 Å². The summed E-state index contributed by atoms with van der Waals surface area (Å²) in [4.78, 5) is 4.07. The molecule has 1 N–H and O–H groups in total. The summed E-state index contributed by atoms with van der Waals surface area (Å²) in [6.07, 6.45) is 4.76. The highest BCUT2D eigenvalue weighted by Gasteiger charge is 2.26. The molecule has 0 saturated heterocycles. The highest BCUT2D eigenvalue weighted by Crippen LogP contribution is 2.40. The summed E-state index contributed by atoms with van der Waals surface area (Å²) in [5.41, 5.74) is 1.69. The minimum Gasteiger partial charge on any atom is -0.493 e. The number of aromatic nitrogens is 2. The van der Waals surface area contributed by atoms with E-state index in [4.69, 9.17) is 44.3 Å². The van der Waals surface area contributed by atoms with Crippen LogP contribution < -0.4 is 9.47 Å². The maximum atomic E-state index is 9.62. The zero-order valence-electron chi connectivity index (χ0n) is 19.0. The Labute approximate surface area is 210 Å². The zero-order valence-corrected chi connectivity index (χ0v) is 21.2. The van der Waals surface area contributed by atoms with E-state index in [1.807, 2.05) is 41.4 Å². The van der Waals surface area contributed by atoms with Gasteiger partial charge in [0.15, 0.2) is 5.75 Å². The van der Waals surface area contributed by atoms with Crippen LogP contribution in [0.1, 0.15) is 31.9 Å². The molecule has 0 aliphatic rings. The van der Waals surface area contributed by atoms with Crippen LogP contribution in [-0.4, -0.2) is 39.9 Å². The number of halogens is 3. The van der Waals surface area contributed by atoms with E-state index in [1.165, 1.54) is 0 Å². The van der Waals surface area contributed by atoms with Crippen LogP contribution in [0.5, 0.6) is 11.5 Å². The molecule has 5 nitrogen and oxygen atoms in total. The fraction of sp³-hybridized carbons (Fsp3) is 0.400. The van der Waals surface area contributed by atoms with Crippen molar-refractivity contribution in [1.82, 2.24) is 9.55 Å². The van der Waals surface area contributed by atoms with E-state index < -0.39 is 6.10 Å². The van der Waals surface area contributed by atoms with E-state index in [2.05, 4.69) is 37.9 Å². The second-order valence-electron chi connectivity index (χ2n) is 8.71. The van der Waals surface area contributed by atoms with Crippen LogP contribution in [0.25, 0.3) is 0 Å². The summed E-state index contributed by atoms with van der Waals surface area (Å²) in [6, 6.07) is 11.8. The lowest BCUT2D eigenvalue weighted by molar-refractivity contribution is 0.125. The fourth-order valence-electron chi connectivity index (χ4n) is 3.46. The van der Waals surface area contributed by atoms with E-state index in [1.54, 1.807) is 6.20 Å². The lowest BCUT2D eigenvalue weighted by Crippen LogP contribution is -2.20. The van der Waals surface area contributed by atoms with Gasteiger partial charge in [-0.25, -0.2) is 4.98 Å². The molecule has 3 aromatic rings. The summed E-state index contributed by atoms with van der Waals surface area (Å²) in [7, 11) is 0. The van der Waals surface area contributed by atoms with Gasteiger partial charge in [-0.3, -0.25) is 0 Å². The Balaban J connectivity index is 1.67. The number of alkyl halides is 1. The van der Waals surface area contributed by atoms with Crippen molar-refractivity contribution in [3.8, 4) is 11.5 Å². The number of rotatable bonds is 11. The van der Waals surface area contributed by atoms with E-state index in [0.29, 0.717) is 28.3 Å². The van der Waals surface area contributed by atoms with Gasteiger partial charge in [-0.15, -0.1) is 11.6 Å². The molecule has 178 valence electrons. The summed E-state index contributed by atoms with van der Waals surface area (Å²) >= 11 is 18.5. The Morgan fingerprint density at radius 2 is 1.70 bits per heavy atom. The van der Waals surface area contributed by atoms with Gasteiger partial charge in [-0.1, -0.05) is 56.1 Å². The molecule has 1 heterocycles. The minimum absolute atomic E-state index is 0.0219. The molecule has 0 aliphatic heterocycles. The number of ether oxygens (including phenoxy) is 2. The third-order valence-electron chi connectivity index (χ3n) is 5.51. The first kappa shape index (κ1) is 25.7. The molecular formula is C25H29Cl3N2O3. The van der Waals surface area contributed by atoms with Gasteiger partial charge in [0.25, 0.3) is 0 Å². The van der Waals surface area contributed by atoms with Crippen LogP contribution in [0.3, 0.4) is 0 Å². The molecule has 3 rings (SSSR count). The van der Waals surface area contributed by atoms with Crippen LogP contribution >= 0.6 is 34.8 Å². The first-order valence-corrected chi connectivity index (χ1v) is 12.0. The van der Waals surface area contributed by atoms with Crippen LogP contribution in [-0.2, 0) is 12.0 Å². The van der Waals surface area contributed by atoms with Gasteiger partial charge in [-0.05, 0) is 35.4 Å². The fourth-order valence-corrected chi connectivity index (χ4v) is 4.15. The number of benzene rings is 2. The number of aliphatic hydroxyl groups is 1. The lowest BCUT2D eigenvalue weighted by Gasteiger charge is -2.27. The highest BCUT2D eigenvalue weighted by molar-refractivity contribution is 6.37.